The van der Waals surface area contributed by atoms with Gasteiger partial charge in [-0.2, -0.15) is 0 Å². The molecule has 0 aromatic carbocycles. The lowest BCUT2D eigenvalue weighted by Gasteiger charge is -2.28. The lowest BCUT2D eigenvalue weighted by molar-refractivity contribution is -0.870. The van der Waals surface area contributed by atoms with Crippen molar-refractivity contribution in [1.82, 2.24) is 0 Å². The zero-order chi connectivity index (χ0) is 45.7. The number of phosphoric ester groups is 1. The Labute approximate surface area is 380 Å². The second-order valence-electron chi connectivity index (χ2n) is 17.1. The third-order valence-electron chi connectivity index (χ3n) is 9.90. The summed E-state index contributed by atoms with van der Waals surface area (Å²) in [4.78, 5) is 37.7. The fourth-order valence-corrected chi connectivity index (χ4v) is 6.85. The van der Waals surface area contributed by atoms with Crippen molar-refractivity contribution in [3.05, 3.63) is 85.1 Å². The van der Waals surface area contributed by atoms with Crippen molar-refractivity contribution in [3.63, 3.8) is 0 Å². The molecule has 356 valence electrons. The largest absolute Gasteiger partial charge is 0.756 e. The lowest BCUT2D eigenvalue weighted by atomic mass is 10.1. The molecule has 0 aromatic rings. The van der Waals surface area contributed by atoms with Crippen LogP contribution in [0.5, 0.6) is 0 Å². The molecule has 9 nitrogen and oxygen atoms in total. The van der Waals surface area contributed by atoms with Crippen molar-refractivity contribution >= 4 is 19.8 Å². The van der Waals surface area contributed by atoms with Crippen LogP contribution in [0, 0.1) is 0 Å². The van der Waals surface area contributed by atoms with Crippen LogP contribution in [0.15, 0.2) is 85.1 Å². The first kappa shape index (κ1) is 59.2. The number of carbonyl (C=O) groups is 2. The van der Waals surface area contributed by atoms with Gasteiger partial charge in [0.05, 0.1) is 27.7 Å². The molecule has 0 saturated carbocycles. The quantitative estimate of drug-likeness (QED) is 0.0196. The Morgan fingerprint density at radius 2 is 0.919 bits per heavy atom. The number of quaternary nitrogens is 1. The summed E-state index contributed by atoms with van der Waals surface area (Å²) >= 11 is 0. The lowest BCUT2D eigenvalue weighted by Crippen LogP contribution is -2.37. The van der Waals surface area contributed by atoms with Gasteiger partial charge in [-0.15, -0.1) is 0 Å². The van der Waals surface area contributed by atoms with Crippen LogP contribution in [0.25, 0.3) is 0 Å². The molecule has 0 bridgehead atoms. The van der Waals surface area contributed by atoms with Crippen molar-refractivity contribution in [1.29, 1.82) is 0 Å². The molecule has 0 saturated heterocycles. The molecule has 0 rings (SSSR count). The van der Waals surface area contributed by atoms with Gasteiger partial charge in [0.2, 0.25) is 0 Å². The number of allylic oxidation sites excluding steroid dienone is 14. The highest BCUT2D eigenvalue weighted by Gasteiger charge is 2.21. The van der Waals surface area contributed by atoms with Gasteiger partial charge >= 0.3 is 11.9 Å². The van der Waals surface area contributed by atoms with Gasteiger partial charge in [0.1, 0.15) is 19.8 Å². The highest BCUT2D eigenvalue weighted by molar-refractivity contribution is 7.45. The third-order valence-corrected chi connectivity index (χ3v) is 10.9. The Kier molecular flexibility index (Phi) is 41.5. The van der Waals surface area contributed by atoms with E-state index in [0.717, 1.165) is 83.5 Å². The molecule has 0 N–H and O–H groups in total. The summed E-state index contributed by atoms with van der Waals surface area (Å²) < 4.78 is 34.0. The maximum Gasteiger partial charge on any atom is 0.306 e. The molecular formula is C52H90NO8P. The molecule has 62 heavy (non-hydrogen) atoms. The Morgan fingerprint density at radius 1 is 0.516 bits per heavy atom. The molecule has 2 atom stereocenters. The number of carbonyl (C=O) groups excluding carboxylic acids is 2. The van der Waals surface area contributed by atoms with Crippen LogP contribution in [-0.2, 0) is 32.7 Å². The number of nitrogens with zero attached hydrogens (tertiary/aromatic N) is 1. The highest BCUT2D eigenvalue weighted by atomic mass is 31.2. The van der Waals surface area contributed by atoms with Gasteiger partial charge < -0.3 is 27.9 Å². The minimum absolute atomic E-state index is 0.0417. The standard InChI is InChI=1S/C52H90NO8P/c1-6-8-10-12-14-16-18-20-22-24-26-28-30-32-34-36-38-40-42-44-51(54)58-48-50(49-60-62(56,57)59-47-46-53(3,4)5)61-52(55)45-43-41-39-37-35-33-31-29-27-25-23-21-19-17-15-13-11-9-7-2/h8,10,14-17,20-23,26,28,32,34,50H,6-7,9,11-13,18-19,24-25,27,29-31,33,35-49H2,1-5H3/b10-8+,16-14+,17-15+,22-20+,23-21+,28-26+,34-32+/t50-/m1/s1. The van der Waals surface area contributed by atoms with Crippen LogP contribution in [0.3, 0.4) is 0 Å². The predicted octanol–water partition coefficient (Wildman–Crippen LogP) is 13.7. The van der Waals surface area contributed by atoms with Gasteiger partial charge in [0.15, 0.2) is 6.10 Å². The number of unbranched alkanes of at least 4 members (excludes halogenated alkanes) is 15. The number of likely N-dealkylation sites (N-methyl/N-ethyl adjacent to an activating group) is 1. The average molecular weight is 888 g/mol. The molecule has 0 fully saturated rings. The number of phosphoric acid groups is 1. The van der Waals surface area contributed by atoms with E-state index >= 15 is 0 Å². The second kappa shape index (κ2) is 43.4. The molecule has 0 aliphatic carbocycles. The topological polar surface area (TPSA) is 111 Å². The van der Waals surface area contributed by atoms with Gasteiger partial charge in [-0.05, 0) is 89.9 Å². The summed E-state index contributed by atoms with van der Waals surface area (Å²) in [6.07, 6.45) is 56.1. The van der Waals surface area contributed by atoms with E-state index < -0.39 is 32.5 Å². The first-order valence-corrected chi connectivity index (χ1v) is 25.8. The molecule has 0 spiro atoms. The van der Waals surface area contributed by atoms with E-state index in [1.807, 2.05) is 21.1 Å². The third kappa shape index (κ3) is 46.7. The average Bonchev–Trinajstić information content (AvgIpc) is 3.23. The minimum Gasteiger partial charge on any atom is -0.756 e. The van der Waals surface area contributed by atoms with E-state index in [0.29, 0.717) is 23.9 Å². The summed E-state index contributed by atoms with van der Waals surface area (Å²) in [5.41, 5.74) is 0. The molecule has 0 aliphatic rings. The summed E-state index contributed by atoms with van der Waals surface area (Å²) in [5.74, 6) is -0.882. The van der Waals surface area contributed by atoms with Crippen LogP contribution in [0.2, 0.25) is 0 Å². The molecule has 0 heterocycles. The smallest absolute Gasteiger partial charge is 0.306 e. The number of hydrogen-bond acceptors (Lipinski definition) is 8. The van der Waals surface area contributed by atoms with E-state index in [1.54, 1.807) is 0 Å². The number of hydrogen-bond donors (Lipinski definition) is 0. The zero-order valence-electron chi connectivity index (χ0n) is 40.0. The van der Waals surface area contributed by atoms with Gasteiger partial charge in [-0.25, -0.2) is 0 Å². The van der Waals surface area contributed by atoms with Crippen molar-refractivity contribution < 1.29 is 42.1 Å². The predicted molar refractivity (Wildman–Crippen MR) is 259 cm³/mol. The molecule has 1 unspecified atom stereocenters. The van der Waals surface area contributed by atoms with Gasteiger partial charge in [-0.1, -0.05) is 163 Å². The molecule has 0 aromatic heterocycles. The van der Waals surface area contributed by atoms with E-state index in [2.05, 4.69) is 98.9 Å². The summed E-state index contributed by atoms with van der Waals surface area (Å²) in [6.45, 7) is 4.04. The Balaban J connectivity index is 4.38. The number of rotatable bonds is 43. The van der Waals surface area contributed by atoms with Crippen molar-refractivity contribution in [2.75, 3.05) is 47.5 Å². The number of ether oxygens (including phenoxy) is 2. The highest BCUT2D eigenvalue weighted by Crippen LogP contribution is 2.38. The summed E-state index contributed by atoms with van der Waals surface area (Å²) in [5, 5.41) is 0. The fraction of sp³-hybridized carbons (Fsp3) is 0.692. The van der Waals surface area contributed by atoms with E-state index in [9.17, 15) is 19.0 Å². The monoisotopic (exact) mass is 888 g/mol. The van der Waals surface area contributed by atoms with Crippen LogP contribution >= 0.6 is 7.82 Å². The summed E-state index contributed by atoms with van der Waals surface area (Å²) in [6, 6.07) is 0. The van der Waals surface area contributed by atoms with Crippen LogP contribution in [0.4, 0.5) is 0 Å². The van der Waals surface area contributed by atoms with Crippen LogP contribution < -0.4 is 4.89 Å². The van der Waals surface area contributed by atoms with Crippen LogP contribution in [0.1, 0.15) is 181 Å². The minimum atomic E-state index is -4.64. The molecule has 0 amide bonds. The maximum atomic E-state index is 12.7. The first-order chi connectivity index (χ1) is 30.0. The molecule has 0 radical (unpaired) electrons. The molecule has 10 heteroatoms. The van der Waals surface area contributed by atoms with Crippen molar-refractivity contribution in [2.45, 2.75) is 187 Å². The SMILES string of the molecule is CC/C=C/C/C=C/C/C=C/C/C=C/C/C=C/CCCCCC(=O)OC[C@H](COP(=O)([O-])OCC[N+](C)(C)C)OC(=O)CCCCCCCCCCC/C=C/C/C=C/CCCCC. The first-order valence-electron chi connectivity index (χ1n) is 24.3. The molecule has 0 aliphatic heterocycles. The van der Waals surface area contributed by atoms with E-state index in [4.69, 9.17) is 18.5 Å². The Hall–Kier alpha value is -2.81. The van der Waals surface area contributed by atoms with Gasteiger partial charge in [0.25, 0.3) is 7.82 Å². The normalized spacial score (nSPS) is 14.2. The van der Waals surface area contributed by atoms with Crippen molar-refractivity contribution in [2.24, 2.45) is 0 Å². The molecular weight excluding hydrogens is 798 g/mol. The fourth-order valence-electron chi connectivity index (χ4n) is 6.12. The van der Waals surface area contributed by atoms with Gasteiger partial charge in [-0.3, -0.25) is 14.2 Å². The van der Waals surface area contributed by atoms with E-state index in [1.165, 1.54) is 57.8 Å². The van der Waals surface area contributed by atoms with Crippen molar-refractivity contribution in [3.8, 4) is 0 Å². The van der Waals surface area contributed by atoms with Crippen LogP contribution in [-0.4, -0.2) is 70.0 Å². The maximum absolute atomic E-state index is 12.7. The summed E-state index contributed by atoms with van der Waals surface area (Å²) in [7, 11) is 1.13. The van der Waals surface area contributed by atoms with E-state index in [-0.39, 0.29) is 26.1 Å². The zero-order valence-corrected chi connectivity index (χ0v) is 40.9. The number of esters is 2. The van der Waals surface area contributed by atoms with Gasteiger partial charge in [0, 0.05) is 12.8 Å². The Bertz CT molecular complexity index is 1330. The second-order valence-corrected chi connectivity index (χ2v) is 18.5. The Morgan fingerprint density at radius 3 is 1.39 bits per heavy atom.